The van der Waals surface area contributed by atoms with Gasteiger partial charge in [0.2, 0.25) is 0 Å². The highest BCUT2D eigenvalue weighted by Crippen LogP contribution is 2.47. The van der Waals surface area contributed by atoms with Gasteiger partial charge in [-0.15, -0.1) is 11.6 Å². The summed E-state index contributed by atoms with van der Waals surface area (Å²) in [5.41, 5.74) is 1.24. The van der Waals surface area contributed by atoms with Crippen molar-refractivity contribution in [2.75, 3.05) is 0 Å². The van der Waals surface area contributed by atoms with Crippen LogP contribution < -0.4 is 0 Å². The molecule has 2 aliphatic heterocycles. The summed E-state index contributed by atoms with van der Waals surface area (Å²) < 4.78 is 11.6. The number of fused-ring (bicyclic) bond motifs is 1. The molecule has 1 saturated carbocycles. The average molecular weight is 432 g/mol. The first kappa shape index (κ1) is 18.8. The van der Waals surface area contributed by atoms with Crippen molar-refractivity contribution in [2.45, 2.75) is 43.3 Å². The largest absolute Gasteiger partial charge is 0.483 e. The molecule has 5 rings (SSSR count). The van der Waals surface area contributed by atoms with Gasteiger partial charge >= 0.3 is 0 Å². The van der Waals surface area contributed by atoms with Crippen molar-refractivity contribution in [2.24, 2.45) is 5.92 Å². The molecule has 0 saturated heterocycles. The quantitative estimate of drug-likeness (QED) is 0.663. The van der Waals surface area contributed by atoms with Crippen molar-refractivity contribution in [3.63, 3.8) is 0 Å². The zero-order valence-corrected chi connectivity index (χ0v) is 17.0. The van der Waals surface area contributed by atoms with Gasteiger partial charge in [0.05, 0.1) is 30.3 Å². The number of furan rings is 1. The summed E-state index contributed by atoms with van der Waals surface area (Å²) in [4.78, 5) is 28.4. The second-order valence-corrected chi connectivity index (χ2v) is 8.80. The second-order valence-electron chi connectivity index (χ2n) is 7.75. The van der Waals surface area contributed by atoms with Gasteiger partial charge in [0.25, 0.3) is 5.91 Å². The Hall–Kier alpha value is -2.24. The molecule has 29 heavy (non-hydrogen) atoms. The molecule has 7 heteroatoms. The predicted octanol–water partition coefficient (Wildman–Crippen LogP) is 4.65. The van der Waals surface area contributed by atoms with E-state index in [2.05, 4.69) is 0 Å². The molecule has 4 unspecified atom stereocenters. The van der Waals surface area contributed by atoms with Gasteiger partial charge in [0.1, 0.15) is 11.9 Å². The Kier molecular flexibility index (Phi) is 4.67. The Morgan fingerprint density at radius 3 is 2.62 bits per heavy atom. The van der Waals surface area contributed by atoms with Crippen molar-refractivity contribution >= 4 is 34.9 Å². The van der Waals surface area contributed by atoms with Gasteiger partial charge < -0.3 is 14.1 Å². The van der Waals surface area contributed by atoms with Gasteiger partial charge in [0, 0.05) is 10.4 Å². The zero-order chi connectivity index (χ0) is 20.1. The fraction of sp³-hybridized carbons (Fsp3) is 0.364. The normalized spacial score (nSPS) is 29.0. The van der Waals surface area contributed by atoms with Crippen molar-refractivity contribution in [3.05, 3.63) is 70.3 Å². The van der Waals surface area contributed by atoms with Gasteiger partial charge in [-0.05, 0) is 49.1 Å². The highest BCUT2D eigenvalue weighted by Gasteiger charge is 2.52. The Balaban J connectivity index is 1.58. The number of carbonyl (C=O) groups excluding carboxylic acids is 2. The highest BCUT2D eigenvalue weighted by atomic mass is 35.5. The van der Waals surface area contributed by atoms with Crippen molar-refractivity contribution in [3.8, 4) is 0 Å². The van der Waals surface area contributed by atoms with Crippen molar-refractivity contribution < 1.29 is 18.7 Å². The summed E-state index contributed by atoms with van der Waals surface area (Å²) in [5.74, 6) is 0.197. The fourth-order valence-electron chi connectivity index (χ4n) is 4.59. The third kappa shape index (κ3) is 3.17. The van der Waals surface area contributed by atoms with Crippen LogP contribution in [0.3, 0.4) is 0 Å². The maximum atomic E-state index is 13.5. The minimum Gasteiger partial charge on any atom is -0.483 e. The van der Waals surface area contributed by atoms with Gasteiger partial charge in [-0.2, -0.15) is 0 Å². The first-order valence-corrected chi connectivity index (χ1v) is 10.5. The maximum Gasteiger partial charge on any atom is 0.290 e. The average Bonchev–Trinajstić information content (AvgIpc) is 3.32. The van der Waals surface area contributed by atoms with Crippen molar-refractivity contribution in [1.29, 1.82) is 0 Å². The zero-order valence-electron chi connectivity index (χ0n) is 15.5. The van der Waals surface area contributed by atoms with E-state index in [9.17, 15) is 9.59 Å². The molecule has 1 fully saturated rings. The third-order valence-electron chi connectivity index (χ3n) is 5.97. The van der Waals surface area contributed by atoms with Crippen LogP contribution >= 0.6 is 23.2 Å². The number of ketones is 1. The Bertz CT molecular complexity index is 983. The number of amides is 1. The number of nitrogens with zero attached hydrogens (tertiary/aromatic N) is 1. The van der Waals surface area contributed by atoms with Crippen LogP contribution in [0.25, 0.3) is 0 Å². The van der Waals surface area contributed by atoms with Crippen LogP contribution in [0.15, 0.2) is 58.4 Å². The number of halogens is 2. The third-order valence-corrected chi connectivity index (χ3v) is 6.62. The van der Waals surface area contributed by atoms with Crippen LogP contribution in [0.1, 0.15) is 36.6 Å². The summed E-state index contributed by atoms with van der Waals surface area (Å²) in [6, 6.07) is 10.3. The lowest BCUT2D eigenvalue weighted by Gasteiger charge is -2.37. The maximum absolute atomic E-state index is 13.5. The van der Waals surface area contributed by atoms with Gasteiger partial charge in [-0.25, -0.2) is 0 Å². The number of benzene rings is 1. The van der Waals surface area contributed by atoms with Gasteiger partial charge in [0.15, 0.2) is 11.5 Å². The lowest BCUT2D eigenvalue weighted by Crippen LogP contribution is -2.41. The molecule has 5 nitrogen and oxygen atoms in total. The Morgan fingerprint density at radius 2 is 1.90 bits per heavy atom. The van der Waals surface area contributed by atoms with Crippen LogP contribution in [-0.2, 0) is 20.9 Å². The summed E-state index contributed by atoms with van der Waals surface area (Å²) in [6.45, 7) is 0.246. The van der Waals surface area contributed by atoms with Gasteiger partial charge in [-0.3, -0.25) is 9.59 Å². The number of hydrogen-bond donors (Lipinski definition) is 0. The topological polar surface area (TPSA) is 59.8 Å². The molecule has 0 bridgehead atoms. The van der Waals surface area contributed by atoms with Gasteiger partial charge in [-0.1, -0.05) is 23.7 Å². The summed E-state index contributed by atoms with van der Waals surface area (Å²) in [7, 11) is 0. The number of hydrogen-bond acceptors (Lipinski definition) is 4. The predicted molar refractivity (Wildman–Crippen MR) is 107 cm³/mol. The standard InChI is InChI=1S/C22H19Cl2NO4/c23-13-5-3-12(4-6-13)19-18-20(26)16-10-14(24)7-8-17(16)29-21(18)22(27)25(19)11-15-2-1-9-28-15/h1-6,9,14,16-17,19H,7-8,10-11H2. The molecule has 1 aromatic heterocycles. The molecule has 2 aromatic rings. The molecule has 1 aliphatic carbocycles. The number of rotatable bonds is 3. The molecule has 0 N–H and O–H groups in total. The van der Waals surface area contributed by atoms with E-state index in [1.807, 2.05) is 18.2 Å². The van der Waals surface area contributed by atoms with E-state index in [-0.39, 0.29) is 41.4 Å². The molecule has 1 aromatic carbocycles. The minimum atomic E-state index is -0.538. The molecular weight excluding hydrogens is 413 g/mol. The number of alkyl halides is 1. The summed E-state index contributed by atoms with van der Waals surface area (Å²) >= 11 is 12.4. The van der Waals surface area contributed by atoms with E-state index in [1.165, 1.54) is 0 Å². The van der Waals surface area contributed by atoms with E-state index >= 15 is 0 Å². The molecule has 1 amide bonds. The Morgan fingerprint density at radius 1 is 1.10 bits per heavy atom. The first-order valence-electron chi connectivity index (χ1n) is 9.71. The van der Waals surface area contributed by atoms with E-state index in [0.717, 1.165) is 12.0 Å². The van der Waals surface area contributed by atoms with E-state index in [1.54, 1.807) is 29.4 Å². The summed E-state index contributed by atoms with van der Waals surface area (Å²) in [6.07, 6.45) is 3.32. The molecule has 3 aliphatic rings. The molecular formula is C22H19Cl2NO4. The number of Topliss-reactive ketones (excluding diaryl/α,β-unsaturated/α-hetero) is 1. The molecule has 150 valence electrons. The van der Waals surface area contributed by atoms with E-state index in [0.29, 0.717) is 29.2 Å². The van der Waals surface area contributed by atoms with Crippen LogP contribution in [0, 0.1) is 5.92 Å². The van der Waals surface area contributed by atoms with Crippen LogP contribution in [0.2, 0.25) is 5.02 Å². The van der Waals surface area contributed by atoms with Crippen LogP contribution in [-0.4, -0.2) is 28.1 Å². The number of ether oxygens (including phenoxy) is 1. The fourth-order valence-corrected chi connectivity index (χ4v) is 5.03. The highest BCUT2D eigenvalue weighted by molar-refractivity contribution is 6.30. The molecule has 4 atom stereocenters. The smallest absolute Gasteiger partial charge is 0.290 e. The summed E-state index contributed by atoms with van der Waals surface area (Å²) in [5, 5.41) is 0.546. The minimum absolute atomic E-state index is 0.0307. The molecule has 0 radical (unpaired) electrons. The Labute approximate surface area is 178 Å². The number of carbonyl (C=O) groups is 2. The lowest BCUT2D eigenvalue weighted by molar-refractivity contribution is -0.135. The van der Waals surface area contributed by atoms with E-state index in [4.69, 9.17) is 32.4 Å². The lowest BCUT2D eigenvalue weighted by atomic mass is 9.77. The van der Waals surface area contributed by atoms with Crippen molar-refractivity contribution in [1.82, 2.24) is 4.90 Å². The first-order chi connectivity index (χ1) is 14.0. The van der Waals surface area contributed by atoms with E-state index < -0.39 is 6.04 Å². The second kappa shape index (κ2) is 7.22. The van der Waals surface area contributed by atoms with Crippen LogP contribution in [0.4, 0.5) is 0 Å². The molecule has 0 spiro atoms. The SMILES string of the molecule is O=C1C2=C(OC3CCC(Cl)CC13)C(=O)N(Cc1ccco1)C2c1ccc(Cl)cc1. The molecule has 3 heterocycles. The monoisotopic (exact) mass is 431 g/mol. The van der Waals surface area contributed by atoms with Crippen LogP contribution in [0.5, 0.6) is 0 Å².